The predicted octanol–water partition coefficient (Wildman–Crippen LogP) is 5.62. The van der Waals surface area contributed by atoms with Crippen LogP contribution in [-0.4, -0.2) is 48.1 Å². The number of alkyl halides is 17. The van der Waals surface area contributed by atoms with E-state index in [0.29, 0.717) is 0 Å². The first kappa shape index (κ1) is 27.8. The minimum atomic E-state index is -8.54. The molecule has 0 aliphatic rings. The number of rotatable bonds is 6. The summed E-state index contributed by atoms with van der Waals surface area (Å²) in [6.07, 6.45) is -13.6. The van der Waals surface area contributed by atoms with Crippen LogP contribution in [0.4, 0.5) is 74.6 Å². The molecule has 163 valence electrons. The summed E-state index contributed by atoms with van der Waals surface area (Å²) in [6.45, 7) is 0. The maximum atomic E-state index is 12.8. The molecule has 0 unspecified atom stereocenters. The zero-order chi connectivity index (χ0) is 21.1. The minimum Gasteiger partial charge on any atom is -0.203 e. The Morgan fingerprint density at radius 2 is 0.615 bits per heavy atom. The van der Waals surface area contributed by atoms with E-state index in [0.717, 1.165) is 0 Å². The van der Waals surface area contributed by atoms with Gasteiger partial charge in [0.15, 0.2) is 0 Å². The summed E-state index contributed by atoms with van der Waals surface area (Å²) >= 11 is 0. The number of halogens is 17. The molecular weight excluding hydrogens is 527 g/mol. The Morgan fingerprint density at radius 3 is 0.846 bits per heavy atom. The van der Waals surface area contributed by atoms with E-state index in [1.54, 1.807) is 0 Å². The normalized spacial score (nSPS) is 15.9. The molecule has 0 aliphatic carbocycles. The Morgan fingerprint density at radius 1 is 0.385 bits per heavy atom. The molecule has 0 rings (SSSR count). The van der Waals surface area contributed by atoms with Gasteiger partial charge in [0, 0.05) is 22.4 Å². The quantitative estimate of drug-likeness (QED) is 0.311. The molecule has 0 saturated carbocycles. The van der Waals surface area contributed by atoms with Gasteiger partial charge in [-0.25, -0.2) is 8.78 Å². The molecule has 26 heavy (non-hydrogen) atoms. The van der Waals surface area contributed by atoms with Crippen molar-refractivity contribution in [1.29, 1.82) is 0 Å². The van der Waals surface area contributed by atoms with Crippen molar-refractivity contribution in [1.82, 2.24) is 0 Å². The molecule has 1 radical (unpaired) electrons. The van der Waals surface area contributed by atoms with Crippen molar-refractivity contribution in [2.24, 2.45) is 0 Å². The second-order valence-corrected chi connectivity index (χ2v) is 4.29. The monoisotopic (exact) mass is 527 g/mol. The van der Waals surface area contributed by atoms with E-state index in [4.69, 9.17) is 0 Å². The molecule has 0 spiro atoms. The molecule has 0 heterocycles. The average molecular weight is 528 g/mol. The Labute approximate surface area is 146 Å². The van der Waals surface area contributed by atoms with E-state index in [9.17, 15) is 74.6 Å². The zero-order valence-electron chi connectivity index (χ0n) is 10.8. The van der Waals surface area contributed by atoms with E-state index in [-0.39, 0.29) is 22.4 Å². The van der Waals surface area contributed by atoms with Crippen molar-refractivity contribution in [3.63, 3.8) is 0 Å². The molecule has 0 aromatic rings. The molecule has 0 aromatic carbocycles. The van der Waals surface area contributed by atoms with Crippen LogP contribution in [0.5, 0.6) is 0 Å². The van der Waals surface area contributed by atoms with Crippen LogP contribution in [0.25, 0.3) is 0 Å². The molecule has 18 heteroatoms. The summed E-state index contributed by atoms with van der Waals surface area (Å²) in [6, 6.07) is 0. The van der Waals surface area contributed by atoms with E-state index < -0.39 is 48.1 Å². The van der Waals surface area contributed by atoms with Crippen molar-refractivity contribution >= 4 is 0 Å². The molecule has 0 aromatic heterocycles. The smallest absolute Gasteiger partial charge is 0.203 e. The first-order valence-corrected chi connectivity index (χ1v) is 5.06. The van der Waals surface area contributed by atoms with E-state index in [1.807, 2.05) is 0 Å². The summed E-state index contributed by atoms with van der Waals surface area (Å²) in [5.74, 6) is -49.2. The average Bonchev–Trinajstić information content (AvgIpc) is 2.35. The van der Waals surface area contributed by atoms with Crippen LogP contribution in [0, 0.1) is 0 Å². The molecule has 0 N–H and O–H groups in total. The van der Waals surface area contributed by atoms with Crippen molar-refractivity contribution < 1.29 is 97.0 Å². The fourth-order valence-corrected chi connectivity index (χ4v) is 1.12. The second-order valence-electron chi connectivity index (χ2n) is 4.29. The summed E-state index contributed by atoms with van der Waals surface area (Å²) in [5, 5.41) is 0. The third kappa shape index (κ3) is 3.38. The molecule has 0 aliphatic heterocycles. The van der Waals surface area contributed by atoms with Gasteiger partial charge in [-0.1, -0.05) is 0 Å². The van der Waals surface area contributed by atoms with Gasteiger partial charge in [-0.3, -0.25) is 0 Å². The Balaban J connectivity index is 0. The molecule has 0 atom stereocenters. The maximum absolute atomic E-state index is 12.8. The predicted molar refractivity (Wildman–Crippen MR) is 41.7 cm³/mol. The second kappa shape index (κ2) is 6.86. The molecular formula is C8HAgF17. The van der Waals surface area contributed by atoms with Crippen LogP contribution in [0.3, 0.4) is 0 Å². The van der Waals surface area contributed by atoms with Crippen LogP contribution in [0.1, 0.15) is 0 Å². The maximum Gasteiger partial charge on any atom is 0.460 e. The van der Waals surface area contributed by atoms with Gasteiger partial charge in [0.2, 0.25) is 0 Å². The largest absolute Gasteiger partial charge is 0.460 e. The van der Waals surface area contributed by atoms with Gasteiger partial charge in [0.25, 0.3) is 0 Å². The Hall–Kier alpha value is -0.450. The van der Waals surface area contributed by atoms with E-state index >= 15 is 0 Å². The minimum absolute atomic E-state index is 0. The van der Waals surface area contributed by atoms with Gasteiger partial charge < -0.3 is 0 Å². The number of hydrogen-bond donors (Lipinski definition) is 0. The van der Waals surface area contributed by atoms with Crippen LogP contribution in [-0.2, 0) is 22.4 Å². The Kier molecular flexibility index (Phi) is 7.33. The van der Waals surface area contributed by atoms with Crippen molar-refractivity contribution in [2.75, 3.05) is 0 Å². The summed E-state index contributed by atoms with van der Waals surface area (Å²) in [4.78, 5) is 0. The van der Waals surface area contributed by atoms with Crippen LogP contribution in [0.2, 0.25) is 0 Å². The fourth-order valence-electron chi connectivity index (χ4n) is 1.12. The first-order valence-electron chi connectivity index (χ1n) is 5.06. The first-order chi connectivity index (χ1) is 10.4. The van der Waals surface area contributed by atoms with Gasteiger partial charge in [0.05, 0.1) is 0 Å². The zero-order valence-corrected chi connectivity index (χ0v) is 12.3. The third-order valence-electron chi connectivity index (χ3n) is 2.63. The molecule has 0 nitrogen and oxygen atoms in total. The summed E-state index contributed by atoms with van der Waals surface area (Å²) in [5.41, 5.74) is 0. The van der Waals surface area contributed by atoms with Crippen molar-refractivity contribution in [3.05, 3.63) is 0 Å². The molecule has 0 fully saturated rings. The van der Waals surface area contributed by atoms with Crippen molar-refractivity contribution in [2.45, 2.75) is 48.1 Å². The molecule has 0 amide bonds. The van der Waals surface area contributed by atoms with E-state index in [1.165, 1.54) is 0 Å². The summed E-state index contributed by atoms with van der Waals surface area (Å²) in [7, 11) is 0. The topological polar surface area (TPSA) is 0 Å². The van der Waals surface area contributed by atoms with Crippen LogP contribution < -0.4 is 0 Å². The summed E-state index contributed by atoms with van der Waals surface area (Å²) < 4.78 is 209. The van der Waals surface area contributed by atoms with Crippen molar-refractivity contribution in [3.8, 4) is 0 Å². The van der Waals surface area contributed by atoms with Crippen LogP contribution in [0.15, 0.2) is 0 Å². The van der Waals surface area contributed by atoms with Gasteiger partial charge in [0.1, 0.15) is 0 Å². The Bertz CT molecular complexity index is 487. The third-order valence-corrected chi connectivity index (χ3v) is 2.63. The van der Waals surface area contributed by atoms with Gasteiger partial charge in [-0.15, -0.1) is 0 Å². The van der Waals surface area contributed by atoms with Gasteiger partial charge >= 0.3 is 48.1 Å². The van der Waals surface area contributed by atoms with Gasteiger partial charge in [-0.05, 0) is 0 Å². The van der Waals surface area contributed by atoms with E-state index in [2.05, 4.69) is 0 Å². The van der Waals surface area contributed by atoms with Crippen LogP contribution >= 0.6 is 0 Å². The molecule has 0 saturated heterocycles. The fraction of sp³-hybridized carbons (Fsp3) is 1.00. The standard InChI is InChI=1S/C8HF17.Ag/c9-1(10)2(11,12)3(13,14)4(15,16)5(17,18)6(19,20)7(21,22)8(23,24)25;/h1H;. The number of hydrogen-bond acceptors (Lipinski definition) is 0. The van der Waals surface area contributed by atoms with Gasteiger partial charge in [-0.2, -0.15) is 65.9 Å². The SMILES string of the molecule is FC(F)C(F)(F)C(F)(F)C(F)(F)C(F)(F)C(F)(F)C(F)(F)C(F)(F)F.[Ag]. The molecule has 0 bridgehead atoms.